The van der Waals surface area contributed by atoms with Crippen molar-refractivity contribution in [2.75, 3.05) is 0 Å². The average molecular weight is 742 g/mol. The highest BCUT2D eigenvalue weighted by molar-refractivity contribution is 6.69. The summed E-state index contributed by atoms with van der Waals surface area (Å²) >= 11 is 0. The second kappa shape index (κ2) is 13.6. The van der Waals surface area contributed by atoms with Crippen LogP contribution in [0.4, 0.5) is 0 Å². The predicted molar refractivity (Wildman–Crippen MR) is 282 cm³/mol. The SMILES string of the molecule is Bc1c(B)c(B)c(-c2nc(-c3ccc4c(c3)C3(c5ccccc5C=C4)c4ccccc4-c4c3ccc3ccccc43)nc(-c3c(B)c(B)c(B)c(B)c3B)n2)c(B)c1B. The number of aromatic nitrogens is 3. The molecule has 10 rings (SSSR count). The molecule has 1 unspecified atom stereocenters. The zero-order valence-corrected chi connectivity index (χ0v) is 35.8. The minimum Gasteiger partial charge on any atom is -0.208 e. The minimum absolute atomic E-state index is 0.587. The first-order chi connectivity index (χ1) is 28.4. The molecule has 1 heterocycles. The summed E-state index contributed by atoms with van der Waals surface area (Å²) < 4.78 is 0. The van der Waals surface area contributed by atoms with E-state index >= 15 is 0 Å². The summed E-state index contributed by atoms with van der Waals surface area (Å²) in [6.07, 6.45) is 4.60. The number of hydrogen-bond donors (Lipinski definition) is 0. The van der Waals surface area contributed by atoms with E-state index in [1.807, 2.05) is 0 Å². The van der Waals surface area contributed by atoms with Crippen LogP contribution in [-0.2, 0) is 5.41 Å². The molecule has 2 aliphatic rings. The number of fused-ring (bicyclic) bond motifs is 11. The van der Waals surface area contributed by atoms with Crippen LogP contribution in [0.2, 0.25) is 0 Å². The van der Waals surface area contributed by atoms with Crippen LogP contribution in [0.3, 0.4) is 0 Å². The molecule has 0 saturated carbocycles. The van der Waals surface area contributed by atoms with Crippen molar-refractivity contribution in [1.29, 1.82) is 0 Å². The van der Waals surface area contributed by atoms with Crippen LogP contribution in [0.1, 0.15) is 33.4 Å². The summed E-state index contributed by atoms with van der Waals surface area (Å²) in [5.74, 6) is 2.12. The van der Waals surface area contributed by atoms with Crippen LogP contribution in [0, 0.1) is 0 Å². The van der Waals surface area contributed by atoms with Crippen LogP contribution in [-0.4, -0.2) is 93.4 Å². The molecule has 0 bridgehead atoms. The highest BCUT2D eigenvalue weighted by Crippen LogP contribution is 2.60. The molecular weight excluding hydrogens is 703 g/mol. The summed E-state index contributed by atoms with van der Waals surface area (Å²) in [4.78, 5) is 16.4. The molecule has 0 N–H and O–H groups in total. The topological polar surface area (TPSA) is 38.7 Å². The molecule has 0 radical (unpaired) electrons. The van der Waals surface area contributed by atoms with Gasteiger partial charge in [0.05, 0.1) is 5.41 Å². The van der Waals surface area contributed by atoms with Gasteiger partial charge in [0.2, 0.25) is 0 Å². The monoisotopic (exact) mass is 743 g/mol. The molecule has 2 aliphatic carbocycles. The van der Waals surface area contributed by atoms with Crippen LogP contribution in [0.15, 0.2) is 103 Å². The maximum Gasteiger partial charge on any atom is 0.164 e. The summed E-state index contributed by atoms with van der Waals surface area (Å²) in [7, 11) is 22.2. The molecule has 13 heteroatoms. The van der Waals surface area contributed by atoms with Crippen LogP contribution in [0.25, 0.3) is 68.2 Å². The van der Waals surface area contributed by atoms with Gasteiger partial charge in [-0.1, -0.05) is 131 Å². The van der Waals surface area contributed by atoms with Crippen molar-refractivity contribution in [3.63, 3.8) is 0 Å². The third-order valence-corrected chi connectivity index (χ3v) is 14.5. The summed E-state index contributed by atoms with van der Waals surface area (Å²) in [6, 6.07) is 38.4. The van der Waals surface area contributed by atoms with Crippen LogP contribution < -0.4 is 54.6 Å². The lowest BCUT2D eigenvalue weighted by molar-refractivity contribution is 0.767. The number of nitrogens with zero attached hydrogens (tertiary/aromatic N) is 3. The molecule has 0 fully saturated rings. The largest absolute Gasteiger partial charge is 0.208 e. The predicted octanol–water partition coefficient (Wildman–Crippen LogP) is -6.54. The molecule has 3 nitrogen and oxygen atoms in total. The van der Waals surface area contributed by atoms with Crippen molar-refractivity contribution in [3.05, 3.63) is 137 Å². The molecule has 1 atom stereocenters. The van der Waals surface area contributed by atoms with Gasteiger partial charge in [-0.3, -0.25) is 0 Å². The maximum absolute atomic E-state index is 5.48. The maximum atomic E-state index is 5.48. The molecule has 0 aliphatic heterocycles. The lowest BCUT2D eigenvalue weighted by atomic mass is 9.60. The normalized spacial score (nSPS) is 14.8. The molecule has 268 valence electrons. The van der Waals surface area contributed by atoms with Gasteiger partial charge < -0.3 is 0 Å². The fourth-order valence-corrected chi connectivity index (χ4v) is 10.5. The standard InChI is InChI=1S/C46H39B10N3/c47-33-31(34(48)38(52)41(55)37(33)51)44-57-43(58-45(59-44)32-35(49)39(53)42(56)40(54)36(32)50)23-16-15-22-14-13-21-8-2-5-11-26(21)46(29(22)19-23)27-12-6-4-10-25(27)30-24-9-3-1-7-20(24)17-18-28(30)46/h1-19H,47-56H2. The van der Waals surface area contributed by atoms with Gasteiger partial charge in [0.15, 0.2) is 17.5 Å². The van der Waals surface area contributed by atoms with Gasteiger partial charge in [-0.2, -0.15) is 0 Å². The number of benzene rings is 7. The fraction of sp³-hybridized carbons (Fsp3) is 0.0217. The van der Waals surface area contributed by atoms with Crippen LogP contribution >= 0.6 is 0 Å². The molecule has 59 heavy (non-hydrogen) atoms. The van der Waals surface area contributed by atoms with Gasteiger partial charge in [-0.05, 0) is 61.3 Å². The van der Waals surface area contributed by atoms with E-state index in [4.69, 9.17) is 15.0 Å². The highest BCUT2D eigenvalue weighted by atomic mass is 15.0. The first kappa shape index (κ1) is 37.5. The molecule has 0 saturated heterocycles. The van der Waals surface area contributed by atoms with Gasteiger partial charge in [-0.25, -0.2) is 15.0 Å². The Balaban J connectivity index is 1.31. The molecule has 0 amide bonds. The van der Waals surface area contributed by atoms with Gasteiger partial charge in [0.1, 0.15) is 78.5 Å². The van der Waals surface area contributed by atoms with Gasteiger partial charge in [0, 0.05) is 16.7 Å². The first-order valence-corrected chi connectivity index (χ1v) is 20.9. The second-order valence-corrected chi connectivity index (χ2v) is 17.0. The van der Waals surface area contributed by atoms with Gasteiger partial charge >= 0.3 is 0 Å². The van der Waals surface area contributed by atoms with E-state index in [0.29, 0.717) is 5.82 Å². The van der Waals surface area contributed by atoms with Crippen molar-refractivity contribution in [2.24, 2.45) is 0 Å². The zero-order chi connectivity index (χ0) is 41.1. The quantitative estimate of drug-likeness (QED) is 0.170. The van der Waals surface area contributed by atoms with E-state index in [1.165, 1.54) is 110 Å². The van der Waals surface area contributed by atoms with E-state index in [1.54, 1.807) is 0 Å². The Kier molecular flexibility index (Phi) is 8.66. The summed E-state index contributed by atoms with van der Waals surface area (Å²) in [6.45, 7) is 0. The molecule has 1 spiro atoms. The smallest absolute Gasteiger partial charge is 0.164 e. The lowest BCUT2D eigenvalue weighted by Crippen LogP contribution is -2.55. The van der Waals surface area contributed by atoms with Crippen LogP contribution in [0.5, 0.6) is 0 Å². The Morgan fingerprint density at radius 3 is 1.47 bits per heavy atom. The van der Waals surface area contributed by atoms with Crippen molar-refractivity contribution < 1.29 is 0 Å². The van der Waals surface area contributed by atoms with Gasteiger partial charge in [0.25, 0.3) is 0 Å². The Morgan fingerprint density at radius 2 is 0.847 bits per heavy atom. The van der Waals surface area contributed by atoms with Crippen molar-refractivity contribution in [2.45, 2.75) is 5.41 Å². The Hall–Kier alpha value is -5.80. The second-order valence-electron chi connectivity index (χ2n) is 17.0. The van der Waals surface area contributed by atoms with Crippen molar-refractivity contribution in [1.82, 2.24) is 15.0 Å². The van der Waals surface area contributed by atoms with E-state index in [0.717, 1.165) is 28.3 Å². The average Bonchev–Trinajstić information content (AvgIpc) is 3.48. The fourth-order valence-electron chi connectivity index (χ4n) is 10.5. The van der Waals surface area contributed by atoms with E-state index < -0.39 is 5.41 Å². The number of hydrogen-bond acceptors (Lipinski definition) is 3. The summed E-state index contributed by atoms with van der Waals surface area (Å²) in [5, 5.41) is 2.52. The van der Waals surface area contributed by atoms with E-state index in [2.05, 4.69) is 194 Å². The van der Waals surface area contributed by atoms with Crippen molar-refractivity contribution in [3.8, 4) is 45.3 Å². The first-order valence-electron chi connectivity index (χ1n) is 20.9. The third kappa shape index (κ3) is 5.26. The lowest BCUT2D eigenvalue weighted by Gasteiger charge is -2.35. The third-order valence-electron chi connectivity index (χ3n) is 14.5. The van der Waals surface area contributed by atoms with Crippen molar-refractivity contribution >= 4 is 156 Å². The molecular formula is C46H39B10N3. The molecule has 7 aromatic carbocycles. The molecule has 1 aromatic heterocycles. The Bertz CT molecular complexity index is 3050. The summed E-state index contributed by atoms with van der Waals surface area (Å²) in [5.41, 5.74) is 25.3. The number of rotatable bonds is 3. The Labute approximate surface area is 356 Å². The van der Waals surface area contributed by atoms with E-state index in [-0.39, 0.29) is 0 Å². The zero-order valence-electron chi connectivity index (χ0n) is 35.8. The minimum atomic E-state index is -0.587. The van der Waals surface area contributed by atoms with Gasteiger partial charge in [-0.15, -0.1) is 32.8 Å². The van der Waals surface area contributed by atoms with E-state index in [9.17, 15) is 0 Å². The highest BCUT2D eigenvalue weighted by Gasteiger charge is 2.49. The molecule has 8 aromatic rings. The Morgan fingerprint density at radius 1 is 0.356 bits per heavy atom.